The van der Waals surface area contributed by atoms with Crippen LogP contribution in [-0.2, 0) is 10.8 Å². The average molecular weight is 806 g/mol. The third-order valence-corrected chi connectivity index (χ3v) is 14.4. The van der Waals surface area contributed by atoms with Gasteiger partial charge in [0.25, 0.3) is 0 Å². The van der Waals surface area contributed by atoms with Crippen LogP contribution < -0.4 is 4.90 Å². The molecule has 0 bridgehead atoms. The van der Waals surface area contributed by atoms with E-state index < -0.39 is 5.41 Å². The third-order valence-electron chi connectivity index (χ3n) is 14.4. The van der Waals surface area contributed by atoms with Crippen molar-refractivity contribution in [2.75, 3.05) is 4.90 Å². The summed E-state index contributed by atoms with van der Waals surface area (Å²) in [6.07, 6.45) is 9.26. The minimum atomic E-state index is -0.449. The molecule has 0 heterocycles. The normalized spacial score (nSPS) is 17.2. The molecule has 0 aromatic heterocycles. The van der Waals surface area contributed by atoms with Gasteiger partial charge in [0.1, 0.15) is 0 Å². The smallest absolute Gasteiger partial charge is 0.0713 e. The van der Waals surface area contributed by atoms with E-state index in [0.29, 0.717) is 11.8 Å². The van der Waals surface area contributed by atoms with Gasteiger partial charge in [-0.3, -0.25) is 0 Å². The Balaban J connectivity index is 1.04. The van der Waals surface area contributed by atoms with Crippen molar-refractivity contribution in [1.82, 2.24) is 0 Å². The van der Waals surface area contributed by atoms with E-state index in [-0.39, 0.29) is 5.41 Å². The highest BCUT2D eigenvalue weighted by molar-refractivity contribution is 6.05. The summed E-state index contributed by atoms with van der Waals surface area (Å²) in [6.45, 7) is 4.85. The van der Waals surface area contributed by atoms with Crippen molar-refractivity contribution in [3.63, 3.8) is 0 Å². The predicted molar refractivity (Wildman–Crippen MR) is 264 cm³/mol. The summed E-state index contributed by atoms with van der Waals surface area (Å²) in [4.78, 5) is 2.50. The Bertz CT molecular complexity index is 3210. The van der Waals surface area contributed by atoms with Gasteiger partial charge in [0.05, 0.1) is 11.1 Å². The molecule has 0 radical (unpaired) electrons. The lowest BCUT2D eigenvalue weighted by atomic mass is 9.67. The van der Waals surface area contributed by atoms with E-state index in [9.17, 15) is 0 Å². The Morgan fingerprint density at radius 2 is 1.05 bits per heavy atom. The van der Waals surface area contributed by atoms with E-state index in [2.05, 4.69) is 255 Å². The van der Waals surface area contributed by atoms with E-state index in [0.717, 1.165) is 11.4 Å². The van der Waals surface area contributed by atoms with Crippen LogP contribution >= 0.6 is 0 Å². The fraction of sp³-hybridized carbons (Fsp3) is 0.0968. The summed E-state index contributed by atoms with van der Waals surface area (Å²) in [5.74, 6) is 0.827. The summed E-state index contributed by atoms with van der Waals surface area (Å²) < 4.78 is 0. The van der Waals surface area contributed by atoms with Crippen LogP contribution in [0.5, 0.6) is 0 Å². The Hall–Kier alpha value is -7.48. The zero-order chi connectivity index (χ0) is 42.1. The summed E-state index contributed by atoms with van der Waals surface area (Å²) in [7, 11) is 0. The highest BCUT2D eigenvalue weighted by Crippen LogP contribution is 2.58. The molecule has 0 aliphatic heterocycles. The quantitative estimate of drug-likeness (QED) is 0.155. The molecule has 300 valence electrons. The van der Waals surface area contributed by atoms with Gasteiger partial charge in [-0.25, -0.2) is 0 Å². The first-order valence-corrected chi connectivity index (χ1v) is 22.3. The monoisotopic (exact) mass is 805 g/mol. The lowest BCUT2D eigenvalue weighted by Gasteiger charge is -2.34. The minimum absolute atomic E-state index is 0.0135. The highest BCUT2D eigenvalue weighted by atomic mass is 15.1. The van der Waals surface area contributed by atoms with Crippen molar-refractivity contribution in [3.05, 3.63) is 270 Å². The van der Waals surface area contributed by atoms with Crippen LogP contribution in [0.25, 0.3) is 44.2 Å². The molecule has 3 aliphatic carbocycles. The molecule has 0 N–H and O–H groups in total. The van der Waals surface area contributed by atoms with Gasteiger partial charge in [-0.2, -0.15) is 0 Å². The number of rotatable bonds is 7. The Labute approximate surface area is 371 Å². The highest BCUT2D eigenvalue weighted by Gasteiger charge is 2.47. The molecule has 1 nitrogen and oxygen atoms in total. The maximum absolute atomic E-state index is 2.50. The predicted octanol–water partition coefficient (Wildman–Crippen LogP) is 16.1. The van der Waals surface area contributed by atoms with Crippen LogP contribution in [0.4, 0.5) is 17.1 Å². The van der Waals surface area contributed by atoms with Gasteiger partial charge in [0, 0.05) is 22.9 Å². The molecule has 1 heteroatoms. The van der Waals surface area contributed by atoms with Crippen LogP contribution in [0.2, 0.25) is 0 Å². The molecule has 2 unspecified atom stereocenters. The van der Waals surface area contributed by atoms with Crippen LogP contribution in [0.3, 0.4) is 0 Å². The molecule has 0 saturated heterocycles. The van der Waals surface area contributed by atoms with Gasteiger partial charge in [0.2, 0.25) is 0 Å². The van der Waals surface area contributed by atoms with Crippen molar-refractivity contribution in [2.24, 2.45) is 5.92 Å². The van der Waals surface area contributed by atoms with Crippen molar-refractivity contribution in [3.8, 4) is 33.4 Å². The number of allylic oxidation sites excluding steroid dienone is 4. The van der Waals surface area contributed by atoms with E-state index >= 15 is 0 Å². The second-order valence-electron chi connectivity index (χ2n) is 18.0. The fourth-order valence-electron chi connectivity index (χ4n) is 11.5. The summed E-state index contributed by atoms with van der Waals surface area (Å²) in [5.41, 5.74) is 18.5. The van der Waals surface area contributed by atoms with Crippen molar-refractivity contribution < 1.29 is 0 Å². The topological polar surface area (TPSA) is 3.24 Å². The number of hydrogen-bond acceptors (Lipinski definition) is 1. The maximum Gasteiger partial charge on any atom is 0.0713 e. The van der Waals surface area contributed by atoms with E-state index in [1.165, 1.54) is 83.2 Å². The largest absolute Gasteiger partial charge is 0.310 e. The molecule has 12 rings (SSSR count). The molecule has 63 heavy (non-hydrogen) atoms. The molecule has 0 amide bonds. The zero-order valence-corrected chi connectivity index (χ0v) is 35.6. The Kier molecular flexibility index (Phi) is 8.63. The van der Waals surface area contributed by atoms with Gasteiger partial charge in [-0.1, -0.05) is 214 Å². The van der Waals surface area contributed by atoms with Crippen molar-refractivity contribution >= 4 is 27.8 Å². The SMILES string of the molecule is CC1(C)c2cc(N(c3ccc(-c4ccc5c(c4)C(c4ccccc4)(c4ccccc4)c4ccccc4-5)cc3)c3ccc4ccccc4c3-c3ccccc3)ccc2C2C=CC=CC21. The molecule has 9 aromatic carbocycles. The lowest BCUT2D eigenvalue weighted by Crippen LogP contribution is -2.28. The van der Waals surface area contributed by atoms with Crippen molar-refractivity contribution in [1.29, 1.82) is 0 Å². The molecular weight excluding hydrogens is 759 g/mol. The molecule has 3 aliphatic rings. The second-order valence-corrected chi connectivity index (χ2v) is 18.0. The first-order chi connectivity index (χ1) is 31.0. The Morgan fingerprint density at radius 1 is 0.429 bits per heavy atom. The fourth-order valence-corrected chi connectivity index (χ4v) is 11.5. The lowest BCUT2D eigenvalue weighted by molar-refractivity contribution is 0.394. The summed E-state index contributed by atoms with van der Waals surface area (Å²) in [6, 6.07) is 79.1. The van der Waals surface area contributed by atoms with Crippen LogP contribution in [0.15, 0.2) is 237 Å². The second kappa shape index (κ2) is 14.6. The number of benzene rings is 9. The molecule has 2 atom stereocenters. The van der Waals surface area contributed by atoms with E-state index in [1.54, 1.807) is 0 Å². The summed E-state index contributed by atoms with van der Waals surface area (Å²) in [5, 5.41) is 2.47. The molecule has 9 aromatic rings. The first kappa shape index (κ1) is 37.3. The first-order valence-electron chi connectivity index (χ1n) is 22.3. The third kappa shape index (κ3) is 5.69. The van der Waals surface area contributed by atoms with Gasteiger partial charge in [-0.15, -0.1) is 0 Å². The number of hydrogen-bond donors (Lipinski definition) is 0. The van der Waals surface area contributed by atoms with Gasteiger partial charge in [-0.05, 0) is 120 Å². The van der Waals surface area contributed by atoms with E-state index in [4.69, 9.17) is 0 Å². The summed E-state index contributed by atoms with van der Waals surface area (Å²) >= 11 is 0. The molecule has 0 saturated carbocycles. The van der Waals surface area contributed by atoms with Gasteiger partial charge >= 0.3 is 0 Å². The Morgan fingerprint density at radius 3 is 1.81 bits per heavy atom. The molecule has 0 fully saturated rings. The van der Waals surface area contributed by atoms with E-state index in [1.807, 2.05) is 0 Å². The zero-order valence-electron chi connectivity index (χ0n) is 35.6. The maximum atomic E-state index is 2.50. The average Bonchev–Trinajstić information content (AvgIpc) is 3.77. The molecule has 0 spiro atoms. The number of anilines is 3. The number of fused-ring (bicyclic) bond motifs is 7. The standard InChI is InChI=1S/C62H47N/c1-61(2)55-28-16-14-26-51(55)53-38-36-49(41-57(53)61)63(59-39-33-43-18-12-13-25-50(43)60(59)44-19-6-3-7-20-44)48-34-30-42(31-35-48)45-32-37-54-52-27-15-17-29-56(52)62(58(54)40-45,46-21-8-4-9-22-46)47-23-10-5-11-24-47/h3-41,51,55H,1-2H3. The van der Waals surface area contributed by atoms with Crippen molar-refractivity contribution in [2.45, 2.75) is 30.6 Å². The van der Waals surface area contributed by atoms with Crippen LogP contribution in [0, 0.1) is 5.92 Å². The minimum Gasteiger partial charge on any atom is -0.310 e. The van der Waals surface area contributed by atoms with Gasteiger partial charge < -0.3 is 4.90 Å². The van der Waals surface area contributed by atoms with Gasteiger partial charge in [0.15, 0.2) is 0 Å². The van der Waals surface area contributed by atoms with Crippen LogP contribution in [-0.4, -0.2) is 0 Å². The molecular formula is C62H47N. The van der Waals surface area contributed by atoms with Crippen LogP contribution in [0.1, 0.15) is 53.1 Å². The number of nitrogens with zero attached hydrogens (tertiary/aromatic N) is 1.